The highest BCUT2D eigenvalue weighted by Gasteiger charge is 2.12. The number of ether oxygens (including phenoxy) is 2. The Bertz CT molecular complexity index is 527. The van der Waals surface area contributed by atoms with E-state index in [2.05, 4.69) is 17.4 Å². The van der Waals surface area contributed by atoms with Crippen LogP contribution in [-0.4, -0.2) is 38.7 Å². The molecule has 0 fully saturated rings. The van der Waals surface area contributed by atoms with E-state index in [1.165, 1.54) is 24.0 Å². The molecule has 1 amide bonds. The maximum atomic E-state index is 11.8. The van der Waals surface area contributed by atoms with Crippen LogP contribution >= 0.6 is 0 Å². The van der Waals surface area contributed by atoms with Gasteiger partial charge in [-0.1, -0.05) is 18.2 Å². The third kappa shape index (κ3) is 5.15. The highest BCUT2D eigenvalue weighted by atomic mass is 16.5. The first-order chi connectivity index (χ1) is 10.7. The van der Waals surface area contributed by atoms with Gasteiger partial charge >= 0.3 is 5.97 Å². The molecule has 0 atom stereocenters. The molecule has 120 valence electrons. The quantitative estimate of drug-likeness (QED) is 0.611. The molecule has 2 rings (SSSR count). The monoisotopic (exact) mass is 305 g/mol. The van der Waals surface area contributed by atoms with E-state index in [4.69, 9.17) is 9.47 Å². The number of fused-ring (bicyclic) bond motifs is 1. The Kier molecular flexibility index (Phi) is 6.40. The minimum Gasteiger partial charge on any atom is -0.455 e. The van der Waals surface area contributed by atoms with Gasteiger partial charge in [-0.15, -0.1) is 0 Å². The number of hydrogen-bond acceptors (Lipinski definition) is 4. The van der Waals surface area contributed by atoms with Gasteiger partial charge in [0.25, 0.3) is 5.91 Å². The first-order valence-electron chi connectivity index (χ1n) is 7.71. The molecule has 1 N–H and O–H groups in total. The zero-order valence-corrected chi connectivity index (χ0v) is 13.0. The second kappa shape index (κ2) is 8.54. The Morgan fingerprint density at radius 2 is 1.95 bits per heavy atom. The van der Waals surface area contributed by atoms with Gasteiger partial charge in [0.1, 0.15) is 0 Å². The fourth-order valence-corrected chi connectivity index (χ4v) is 2.60. The number of methoxy groups -OCH3 is 1. The Morgan fingerprint density at radius 3 is 2.73 bits per heavy atom. The number of esters is 1. The van der Waals surface area contributed by atoms with Crippen molar-refractivity contribution in [2.24, 2.45) is 0 Å². The van der Waals surface area contributed by atoms with Crippen molar-refractivity contribution >= 4 is 11.9 Å². The Labute approximate surface area is 131 Å². The number of hydrogen-bond donors (Lipinski definition) is 1. The molecule has 0 spiro atoms. The Morgan fingerprint density at radius 1 is 1.18 bits per heavy atom. The lowest BCUT2D eigenvalue weighted by atomic mass is 9.90. The van der Waals surface area contributed by atoms with Gasteiger partial charge in [-0.2, -0.15) is 0 Å². The highest BCUT2D eigenvalue weighted by molar-refractivity contribution is 5.81. The third-order valence-corrected chi connectivity index (χ3v) is 3.75. The maximum absolute atomic E-state index is 11.8. The van der Waals surface area contributed by atoms with Crippen LogP contribution < -0.4 is 5.32 Å². The van der Waals surface area contributed by atoms with E-state index in [1.54, 1.807) is 7.11 Å². The number of nitrogens with one attached hydrogen (secondary N) is 1. The Balaban J connectivity index is 1.76. The summed E-state index contributed by atoms with van der Waals surface area (Å²) in [7, 11) is 1.56. The number of rotatable bonds is 7. The fraction of sp³-hybridized carbons (Fsp3) is 0.529. The predicted octanol–water partition coefficient (Wildman–Crippen LogP) is 1.41. The minimum atomic E-state index is -0.377. The van der Waals surface area contributed by atoms with Crippen LogP contribution in [-0.2, 0) is 38.3 Å². The number of amides is 1. The van der Waals surface area contributed by atoms with Gasteiger partial charge in [0.05, 0.1) is 13.0 Å². The van der Waals surface area contributed by atoms with Crippen LogP contribution in [0.2, 0.25) is 0 Å². The average molecular weight is 305 g/mol. The van der Waals surface area contributed by atoms with Crippen molar-refractivity contribution < 1.29 is 19.1 Å². The van der Waals surface area contributed by atoms with Gasteiger partial charge in [0.15, 0.2) is 6.61 Å². The molecular formula is C17H23NO4. The predicted molar refractivity (Wildman–Crippen MR) is 82.6 cm³/mol. The second-order valence-corrected chi connectivity index (χ2v) is 5.49. The molecule has 1 aromatic carbocycles. The van der Waals surface area contributed by atoms with Gasteiger partial charge in [0.2, 0.25) is 0 Å². The van der Waals surface area contributed by atoms with Crippen LogP contribution in [0.25, 0.3) is 0 Å². The molecule has 1 aromatic rings. The van der Waals surface area contributed by atoms with Crippen LogP contribution in [0.3, 0.4) is 0 Å². The van der Waals surface area contributed by atoms with Crippen molar-refractivity contribution in [1.29, 1.82) is 0 Å². The molecule has 0 saturated heterocycles. The van der Waals surface area contributed by atoms with E-state index in [-0.39, 0.29) is 24.9 Å². The smallest absolute Gasteiger partial charge is 0.310 e. The first-order valence-corrected chi connectivity index (χ1v) is 7.71. The molecule has 0 aliphatic heterocycles. The van der Waals surface area contributed by atoms with Crippen molar-refractivity contribution in [3.8, 4) is 0 Å². The maximum Gasteiger partial charge on any atom is 0.310 e. The van der Waals surface area contributed by atoms with Crippen molar-refractivity contribution in [2.45, 2.75) is 32.1 Å². The van der Waals surface area contributed by atoms with Crippen molar-refractivity contribution in [3.05, 3.63) is 34.9 Å². The molecule has 0 saturated carbocycles. The summed E-state index contributed by atoms with van der Waals surface area (Å²) in [6, 6.07) is 6.17. The minimum absolute atomic E-state index is 0.207. The summed E-state index contributed by atoms with van der Waals surface area (Å²) in [6.45, 7) is 0.611. The summed E-state index contributed by atoms with van der Waals surface area (Å²) in [5.74, 6) is -0.687. The van der Waals surface area contributed by atoms with Crippen LogP contribution in [0.1, 0.15) is 29.5 Å². The second-order valence-electron chi connectivity index (χ2n) is 5.49. The van der Waals surface area contributed by atoms with Gasteiger partial charge in [-0.05, 0) is 42.4 Å². The number of aryl methyl sites for hydroxylation is 2. The van der Waals surface area contributed by atoms with Gasteiger partial charge < -0.3 is 14.8 Å². The lowest BCUT2D eigenvalue weighted by Gasteiger charge is -2.16. The van der Waals surface area contributed by atoms with Crippen molar-refractivity contribution in [2.75, 3.05) is 26.9 Å². The lowest BCUT2D eigenvalue weighted by Crippen LogP contribution is -2.31. The van der Waals surface area contributed by atoms with Gasteiger partial charge in [-0.25, -0.2) is 0 Å². The molecule has 0 radical (unpaired) electrons. The van der Waals surface area contributed by atoms with Crippen LogP contribution in [0, 0.1) is 0 Å². The molecule has 0 heterocycles. The van der Waals surface area contributed by atoms with Crippen LogP contribution in [0.4, 0.5) is 0 Å². The third-order valence-electron chi connectivity index (χ3n) is 3.75. The standard InChI is InChI=1S/C17H23NO4/c1-21-9-8-18-16(19)12-22-17(20)11-13-6-7-14-4-2-3-5-15(14)10-13/h6-7,10H,2-5,8-9,11-12H2,1H3,(H,18,19). The summed E-state index contributed by atoms with van der Waals surface area (Å²) >= 11 is 0. The Hall–Kier alpha value is -1.88. The van der Waals surface area contributed by atoms with E-state index in [1.807, 2.05) is 6.07 Å². The van der Waals surface area contributed by atoms with E-state index in [9.17, 15) is 9.59 Å². The summed E-state index contributed by atoms with van der Waals surface area (Å²) in [5.41, 5.74) is 3.68. The van der Waals surface area contributed by atoms with E-state index < -0.39 is 0 Å². The molecule has 0 bridgehead atoms. The molecule has 5 heteroatoms. The highest BCUT2D eigenvalue weighted by Crippen LogP contribution is 2.22. The normalized spacial score (nSPS) is 13.3. The first kappa shape index (κ1) is 16.5. The topological polar surface area (TPSA) is 64.6 Å². The molecule has 0 aromatic heterocycles. The van der Waals surface area contributed by atoms with Crippen molar-refractivity contribution in [3.63, 3.8) is 0 Å². The van der Waals surface area contributed by atoms with Gasteiger partial charge in [-0.3, -0.25) is 9.59 Å². The average Bonchev–Trinajstić information content (AvgIpc) is 2.53. The van der Waals surface area contributed by atoms with E-state index in [0.29, 0.717) is 13.2 Å². The van der Waals surface area contributed by atoms with E-state index in [0.717, 1.165) is 18.4 Å². The largest absolute Gasteiger partial charge is 0.455 e. The molecule has 1 aliphatic carbocycles. The zero-order valence-electron chi connectivity index (χ0n) is 13.0. The van der Waals surface area contributed by atoms with Crippen LogP contribution in [0.15, 0.2) is 18.2 Å². The molecular weight excluding hydrogens is 282 g/mol. The van der Waals surface area contributed by atoms with Crippen LogP contribution in [0.5, 0.6) is 0 Å². The summed E-state index contributed by atoms with van der Waals surface area (Å²) < 4.78 is 9.81. The number of carbonyl (C=O) groups is 2. The SMILES string of the molecule is COCCNC(=O)COC(=O)Cc1ccc2c(c1)CCCC2. The van der Waals surface area contributed by atoms with E-state index >= 15 is 0 Å². The molecule has 0 unspecified atom stereocenters. The molecule has 1 aliphatic rings. The lowest BCUT2D eigenvalue weighted by molar-refractivity contribution is -0.147. The summed E-state index contributed by atoms with van der Waals surface area (Å²) in [5, 5.41) is 2.60. The summed E-state index contributed by atoms with van der Waals surface area (Å²) in [4.78, 5) is 23.2. The summed E-state index contributed by atoms with van der Waals surface area (Å²) in [6.07, 6.45) is 4.87. The molecule has 22 heavy (non-hydrogen) atoms. The number of carbonyl (C=O) groups excluding carboxylic acids is 2. The molecule has 5 nitrogen and oxygen atoms in total. The van der Waals surface area contributed by atoms with Gasteiger partial charge in [0, 0.05) is 13.7 Å². The zero-order chi connectivity index (χ0) is 15.8. The van der Waals surface area contributed by atoms with Crippen molar-refractivity contribution in [1.82, 2.24) is 5.32 Å². The fourth-order valence-electron chi connectivity index (χ4n) is 2.60. The number of benzene rings is 1.